The molecule has 2 atom stereocenters. The molecule has 0 bridgehead atoms. The van der Waals surface area contributed by atoms with Crippen molar-refractivity contribution in [3.63, 3.8) is 0 Å². The van der Waals surface area contributed by atoms with Crippen molar-refractivity contribution in [3.05, 3.63) is 71.0 Å². The average Bonchev–Trinajstić information content (AvgIpc) is 3.19. The SMILES string of the molecule is CCOC(=O)N1CCC(N2CCCC(NC(=O)c3ccc(CCOC(=O)N4CCC(N5CCCC(NC(=O)c6ccccc6)C5)CC4)c(F)c3)C2)CC1. The summed E-state index contributed by atoms with van der Waals surface area (Å²) < 4.78 is 25.8. The van der Waals surface area contributed by atoms with E-state index in [-0.39, 0.29) is 48.6 Å². The first kappa shape index (κ1) is 38.5. The van der Waals surface area contributed by atoms with Crippen molar-refractivity contribution < 1.29 is 33.0 Å². The number of hydrogen-bond acceptors (Lipinski definition) is 8. The lowest BCUT2D eigenvalue weighted by molar-refractivity contribution is 0.0587. The Balaban J connectivity index is 0.886. The quantitative estimate of drug-likeness (QED) is 0.361. The summed E-state index contributed by atoms with van der Waals surface area (Å²) in [6.07, 6.45) is 6.79. The van der Waals surface area contributed by atoms with Gasteiger partial charge in [0, 0.05) is 81.0 Å². The number of carbonyl (C=O) groups is 4. The van der Waals surface area contributed by atoms with Gasteiger partial charge in [0.2, 0.25) is 0 Å². The highest BCUT2D eigenvalue weighted by atomic mass is 19.1. The second kappa shape index (κ2) is 18.7. The predicted octanol–water partition coefficient (Wildman–Crippen LogP) is 4.68. The number of hydrogen-bond donors (Lipinski definition) is 2. The van der Waals surface area contributed by atoms with Gasteiger partial charge in [0.1, 0.15) is 5.82 Å². The van der Waals surface area contributed by atoms with Crippen LogP contribution in [-0.4, -0.2) is 133 Å². The zero-order valence-corrected chi connectivity index (χ0v) is 31.0. The van der Waals surface area contributed by atoms with Gasteiger partial charge >= 0.3 is 12.2 Å². The van der Waals surface area contributed by atoms with E-state index >= 15 is 4.39 Å². The number of ether oxygens (including phenoxy) is 2. The fourth-order valence-corrected chi connectivity index (χ4v) is 8.31. The molecule has 4 heterocycles. The third kappa shape index (κ3) is 10.5. The topological polar surface area (TPSA) is 124 Å². The van der Waals surface area contributed by atoms with Gasteiger partial charge in [-0.3, -0.25) is 19.4 Å². The van der Waals surface area contributed by atoms with E-state index in [1.807, 2.05) is 37.3 Å². The number of nitrogens with one attached hydrogen (secondary N) is 2. The first-order chi connectivity index (χ1) is 25.8. The number of nitrogens with zero attached hydrogens (tertiary/aromatic N) is 4. The molecule has 2 unspecified atom stereocenters. The summed E-state index contributed by atoms with van der Waals surface area (Å²) in [5, 5.41) is 6.29. The molecule has 0 aromatic heterocycles. The molecule has 53 heavy (non-hydrogen) atoms. The highest BCUT2D eigenvalue weighted by Gasteiger charge is 2.33. The van der Waals surface area contributed by atoms with Crippen molar-refractivity contribution in [2.45, 2.75) is 88.9 Å². The van der Waals surface area contributed by atoms with E-state index in [1.54, 1.807) is 21.9 Å². The van der Waals surface area contributed by atoms with Crippen LogP contribution in [0.5, 0.6) is 0 Å². The van der Waals surface area contributed by atoms with E-state index < -0.39 is 11.9 Å². The molecule has 0 spiro atoms. The van der Waals surface area contributed by atoms with Gasteiger partial charge in [-0.15, -0.1) is 0 Å². The molecule has 0 saturated carbocycles. The van der Waals surface area contributed by atoms with Crippen molar-refractivity contribution in [2.24, 2.45) is 0 Å². The van der Waals surface area contributed by atoms with E-state index in [0.717, 1.165) is 77.5 Å². The Hall–Kier alpha value is -4.23. The van der Waals surface area contributed by atoms with E-state index in [2.05, 4.69) is 20.4 Å². The highest BCUT2D eigenvalue weighted by Crippen LogP contribution is 2.24. The van der Waals surface area contributed by atoms with Crippen LogP contribution in [0.15, 0.2) is 48.5 Å². The molecule has 12 nitrogen and oxygen atoms in total. The van der Waals surface area contributed by atoms with E-state index in [9.17, 15) is 19.2 Å². The lowest BCUT2D eigenvalue weighted by Crippen LogP contribution is -2.54. The van der Waals surface area contributed by atoms with E-state index in [1.165, 1.54) is 6.07 Å². The molecule has 13 heteroatoms. The number of carbonyl (C=O) groups excluding carboxylic acids is 4. The summed E-state index contributed by atoms with van der Waals surface area (Å²) in [6.45, 7) is 8.22. The fraction of sp³-hybridized carbons (Fsp3) is 0.600. The Labute approximate surface area is 312 Å². The number of rotatable bonds is 10. The number of halogens is 1. The number of amides is 4. The summed E-state index contributed by atoms with van der Waals surface area (Å²) in [5.41, 5.74) is 1.33. The minimum absolute atomic E-state index is 0.0315. The monoisotopic (exact) mass is 734 g/mol. The zero-order chi connectivity index (χ0) is 37.2. The Bertz CT molecular complexity index is 1550. The lowest BCUT2D eigenvalue weighted by atomic mass is 9.97. The molecule has 0 radical (unpaired) electrons. The van der Waals surface area contributed by atoms with Gasteiger partial charge in [-0.05, 0) is 101 Å². The molecule has 4 aliphatic heterocycles. The van der Waals surface area contributed by atoms with Gasteiger partial charge in [0.15, 0.2) is 0 Å². The number of benzene rings is 2. The van der Waals surface area contributed by atoms with Crippen molar-refractivity contribution in [2.75, 3.05) is 65.6 Å². The third-order valence-electron chi connectivity index (χ3n) is 11.3. The summed E-state index contributed by atoms with van der Waals surface area (Å²) in [5.74, 6) is -0.833. The summed E-state index contributed by atoms with van der Waals surface area (Å²) >= 11 is 0. The smallest absolute Gasteiger partial charge is 0.409 e. The number of piperidine rings is 4. The molecule has 2 aromatic carbocycles. The van der Waals surface area contributed by atoms with E-state index in [4.69, 9.17) is 9.47 Å². The molecule has 4 fully saturated rings. The number of likely N-dealkylation sites (tertiary alicyclic amines) is 4. The maximum absolute atomic E-state index is 15.1. The maximum Gasteiger partial charge on any atom is 0.409 e. The van der Waals surface area contributed by atoms with Gasteiger partial charge in [0.05, 0.1) is 13.2 Å². The second-order valence-corrected chi connectivity index (χ2v) is 14.8. The summed E-state index contributed by atoms with van der Waals surface area (Å²) in [6, 6.07) is 14.6. The fourth-order valence-electron chi connectivity index (χ4n) is 8.31. The van der Waals surface area contributed by atoms with Gasteiger partial charge in [-0.2, -0.15) is 0 Å². The molecule has 2 aromatic rings. The first-order valence-electron chi connectivity index (χ1n) is 19.5. The molecule has 4 aliphatic rings. The van der Waals surface area contributed by atoms with Crippen molar-refractivity contribution in [1.29, 1.82) is 0 Å². The van der Waals surface area contributed by atoms with Crippen LogP contribution in [-0.2, 0) is 15.9 Å². The Morgan fingerprint density at radius 3 is 1.74 bits per heavy atom. The molecule has 288 valence electrons. The van der Waals surface area contributed by atoms with Crippen molar-refractivity contribution in [3.8, 4) is 0 Å². The molecular weight excluding hydrogens is 679 g/mol. The molecule has 4 saturated heterocycles. The van der Waals surface area contributed by atoms with Crippen LogP contribution in [0.3, 0.4) is 0 Å². The lowest BCUT2D eigenvalue weighted by Gasteiger charge is -2.42. The average molecular weight is 735 g/mol. The van der Waals surface area contributed by atoms with Crippen molar-refractivity contribution in [1.82, 2.24) is 30.2 Å². The van der Waals surface area contributed by atoms with Gasteiger partial charge < -0.3 is 29.9 Å². The van der Waals surface area contributed by atoms with Crippen molar-refractivity contribution >= 4 is 24.0 Å². The minimum Gasteiger partial charge on any atom is -0.450 e. The normalized spacial score (nSPS) is 22.2. The van der Waals surface area contributed by atoms with Crippen LogP contribution in [0.4, 0.5) is 14.0 Å². The molecule has 2 N–H and O–H groups in total. The Kier molecular flexibility index (Phi) is 13.6. The van der Waals surface area contributed by atoms with Gasteiger partial charge in [-0.25, -0.2) is 14.0 Å². The van der Waals surface area contributed by atoms with Gasteiger partial charge in [0.25, 0.3) is 11.8 Å². The maximum atomic E-state index is 15.1. The van der Waals surface area contributed by atoms with Crippen LogP contribution in [0, 0.1) is 5.82 Å². The second-order valence-electron chi connectivity index (χ2n) is 14.8. The summed E-state index contributed by atoms with van der Waals surface area (Å²) in [4.78, 5) is 59.0. The Morgan fingerprint density at radius 2 is 1.21 bits per heavy atom. The van der Waals surface area contributed by atoms with Crippen LogP contribution in [0.2, 0.25) is 0 Å². The van der Waals surface area contributed by atoms with Crippen LogP contribution < -0.4 is 10.6 Å². The standard InChI is InChI=1S/C40H55FN6O6/c1-2-52-39(50)44-21-14-34(15-22-44)47-20-7-11-33(28-47)43-38(49)31-13-12-29(36(41)26-31)18-25-53-40(51)45-23-16-35(17-24-45)46-19-6-10-32(27-46)42-37(48)30-8-4-3-5-9-30/h3-5,8-9,12-13,26,32-35H,2,6-7,10-11,14-25,27-28H2,1H3,(H,42,48)(H,43,49). The third-order valence-corrected chi connectivity index (χ3v) is 11.3. The van der Waals surface area contributed by atoms with Gasteiger partial charge in [-0.1, -0.05) is 24.3 Å². The molecular formula is C40H55FN6O6. The molecule has 0 aliphatic carbocycles. The first-order valence-corrected chi connectivity index (χ1v) is 19.5. The van der Waals surface area contributed by atoms with Crippen LogP contribution in [0.25, 0.3) is 0 Å². The highest BCUT2D eigenvalue weighted by molar-refractivity contribution is 5.95. The largest absolute Gasteiger partial charge is 0.450 e. The predicted molar refractivity (Wildman–Crippen MR) is 198 cm³/mol. The molecule has 6 rings (SSSR count). The minimum atomic E-state index is -0.493. The van der Waals surface area contributed by atoms with Crippen LogP contribution >= 0.6 is 0 Å². The van der Waals surface area contributed by atoms with Crippen LogP contribution in [0.1, 0.15) is 84.6 Å². The zero-order valence-electron chi connectivity index (χ0n) is 31.0. The molecule has 4 amide bonds. The van der Waals surface area contributed by atoms with E-state index in [0.29, 0.717) is 56.0 Å². The summed E-state index contributed by atoms with van der Waals surface area (Å²) in [7, 11) is 0. The Morgan fingerprint density at radius 1 is 0.679 bits per heavy atom.